The molecular weight excluding hydrogens is 284 g/mol. The van der Waals surface area contributed by atoms with Crippen LogP contribution in [0.4, 0.5) is 0 Å². The summed E-state index contributed by atoms with van der Waals surface area (Å²) in [6, 6.07) is 26.6. The van der Waals surface area contributed by atoms with E-state index in [0.29, 0.717) is 6.42 Å². The van der Waals surface area contributed by atoms with Gasteiger partial charge in [-0.05, 0) is 34.2 Å². The summed E-state index contributed by atoms with van der Waals surface area (Å²) < 4.78 is 0. The number of aryl methyl sites for hydroxylation is 1. The minimum atomic E-state index is -0.767. The summed E-state index contributed by atoms with van der Waals surface area (Å²) in [6.45, 7) is 0. The maximum atomic E-state index is 10.9. The van der Waals surface area contributed by atoms with Gasteiger partial charge in [0, 0.05) is 6.42 Å². The molecule has 1 N–H and O–H groups in total. The SMILES string of the molecule is O=C(O)CCc1ccccc1-c1ccccc1-c1ccccc1. The van der Waals surface area contributed by atoms with E-state index in [2.05, 4.69) is 30.3 Å². The molecule has 0 spiro atoms. The monoisotopic (exact) mass is 302 g/mol. The minimum Gasteiger partial charge on any atom is -0.481 e. The molecule has 3 rings (SSSR count). The molecule has 0 unspecified atom stereocenters. The van der Waals surface area contributed by atoms with Crippen LogP contribution < -0.4 is 0 Å². The Morgan fingerprint density at radius 2 is 1.26 bits per heavy atom. The van der Waals surface area contributed by atoms with Gasteiger partial charge in [0.1, 0.15) is 0 Å². The topological polar surface area (TPSA) is 37.3 Å². The Hall–Kier alpha value is -2.87. The third kappa shape index (κ3) is 3.49. The average molecular weight is 302 g/mol. The lowest BCUT2D eigenvalue weighted by Gasteiger charge is -2.14. The molecule has 0 saturated heterocycles. The molecule has 0 aliphatic carbocycles. The Balaban J connectivity index is 2.08. The lowest BCUT2D eigenvalue weighted by molar-refractivity contribution is -0.136. The van der Waals surface area contributed by atoms with Gasteiger partial charge < -0.3 is 5.11 Å². The number of carboxylic acids is 1. The highest BCUT2D eigenvalue weighted by molar-refractivity contribution is 5.85. The Labute approximate surface area is 136 Å². The number of aliphatic carboxylic acids is 1. The van der Waals surface area contributed by atoms with Crippen molar-refractivity contribution in [2.24, 2.45) is 0 Å². The molecular formula is C21H18O2. The Morgan fingerprint density at radius 1 is 0.696 bits per heavy atom. The van der Waals surface area contributed by atoms with E-state index in [1.54, 1.807) is 0 Å². The summed E-state index contributed by atoms with van der Waals surface area (Å²) in [5.74, 6) is -0.767. The highest BCUT2D eigenvalue weighted by atomic mass is 16.4. The molecule has 0 aliphatic heterocycles. The number of carbonyl (C=O) groups is 1. The summed E-state index contributed by atoms with van der Waals surface area (Å²) >= 11 is 0. The summed E-state index contributed by atoms with van der Waals surface area (Å²) in [5, 5.41) is 8.97. The zero-order chi connectivity index (χ0) is 16.1. The second-order valence-electron chi connectivity index (χ2n) is 5.46. The fraction of sp³-hybridized carbons (Fsp3) is 0.0952. The van der Waals surface area contributed by atoms with Crippen LogP contribution >= 0.6 is 0 Å². The van der Waals surface area contributed by atoms with Gasteiger partial charge in [-0.1, -0.05) is 78.9 Å². The van der Waals surface area contributed by atoms with Gasteiger partial charge in [0.05, 0.1) is 0 Å². The Bertz CT molecular complexity index is 807. The second-order valence-corrected chi connectivity index (χ2v) is 5.46. The molecule has 0 aromatic heterocycles. The first-order valence-electron chi connectivity index (χ1n) is 7.70. The van der Waals surface area contributed by atoms with Crippen LogP contribution in [0.5, 0.6) is 0 Å². The van der Waals surface area contributed by atoms with Gasteiger partial charge >= 0.3 is 5.97 Å². The number of hydrogen-bond donors (Lipinski definition) is 1. The molecule has 0 fully saturated rings. The maximum absolute atomic E-state index is 10.9. The second kappa shape index (κ2) is 6.93. The zero-order valence-corrected chi connectivity index (χ0v) is 12.8. The molecule has 0 saturated carbocycles. The van der Waals surface area contributed by atoms with Gasteiger partial charge in [-0.2, -0.15) is 0 Å². The molecule has 0 aliphatic rings. The molecule has 0 bridgehead atoms. The third-order valence-electron chi connectivity index (χ3n) is 3.93. The van der Waals surface area contributed by atoms with Crippen LogP contribution in [0.2, 0.25) is 0 Å². The van der Waals surface area contributed by atoms with Crippen molar-refractivity contribution in [3.8, 4) is 22.3 Å². The van der Waals surface area contributed by atoms with E-state index in [0.717, 1.165) is 27.8 Å². The van der Waals surface area contributed by atoms with E-state index in [1.165, 1.54) is 0 Å². The largest absolute Gasteiger partial charge is 0.481 e. The molecule has 0 radical (unpaired) electrons. The molecule has 2 nitrogen and oxygen atoms in total. The van der Waals surface area contributed by atoms with Crippen molar-refractivity contribution in [3.05, 3.63) is 84.4 Å². The van der Waals surface area contributed by atoms with Gasteiger partial charge in [0.15, 0.2) is 0 Å². The third-order valence-corrected chi connectivity index (χ3v) is 3.93. The average Bonchev–Trinajstić information content (AvgIpc) is 2.61. The van der Waals surface area contributed by atoms with Gasteiger partial charge in [-0.15, -0.1) is 0 Å². The minimum absolute atomic E-state index is 0.143. The molecule has 0 atom stereocenters. The fourth-order valence-corrected chi connectivity index (χ4v) is 2.83. The summed E-state index contributed by atoms with van der Waals surface area (Å²) in [6.07, 6.45) is 0.680. The van der Waals surface area contributed by atoms with Crippen LogP contribution in [0.1, 0.15) is 12.0 Å². The summed E-state index contributed by atoms with van der Waals surface area (Å²) in [4.78, 5) is 10.9. The van der Waals surface area contributed by atoms with E-state index in [-0.39, 0.29) is 6.42 Å². The fourth-order valence-electron chi connectivity index (χ4n) is 2.83. The van der Waals surface area contributed by atoms with Crippen LogP contribution in [0.3, 0.4) is 0 Å². The Kier molecular flexibility index (Phi) is 4.53. The van der Waals surface area contributed by atoms with E-state index < -0.39 is 5.97 Å². The standard InChI is InChI=1S/C21H18O2/c22-21(23)15-14-17-10-4-5-11-19(17)20-13-7-6-12-18(20)16-8-2-1-3-9-16/h1-13H,14-15H2,(H,22,23). The van der Waals surface area contributed by atoms with Gasteiger partial charge in [0.2, 0.25) is 0 Å². The molecule has 3 aromatic rings. The van der Waals surface area contributed by atoms with E-state index >= 15 is 0 Å². The number of benzene rings is 3. The van der Waals surface area contributed by atoms with Crippen molar-refractivity contribution < 1.29 is 9.90 Å². The first-order chi connectivity index (χ1) is 11.3. The molecule has 3 aromatic carbocycles. The van der Waals surface area contributed by atoms with Gasteiger partial charge in [-0.3, -0.25) is 4.79 Å². The first-order valence-corrected chi connectivity index (χ1v) is 7.70. The van der Waals surface area contributed by atoms with E-state index in [9.17, 15) is 4.79 Å². The van der Waals surface area contributed by atoms with Crippen molar-refractivity contribution in [3.63, 3.8) is 0 Å². The number of carboxylic acid groups (broad SMARTS) is 1. The van der Waals surface area contributed by atoms with Crippen LogP contribution in [0.25, 0.3) is 22.3 Å². The molecule has 2 heteroatoms. The highest BCUT2D eigenvalue weighted by Gasteiger charge is 2.11. The summed E-state index contributed by atoms with van der Waals surface area (Å²) in [7, 11) is 0. The van der Waals surface area contributed by atoms with Crippen LogP contribution in [0.15, 0.2) is 78.9 Å². The predicted molar refractivity (Wildman–Crippen MR) is 93.3 cm³/mol. The number of rotatable bonds is 5. The molecule has 23 heavy (non-hydrogen) atoms. The van der Waals surface area contributed by atoms with Gasteiger partial charge in [-0.25, -0.2) is 0 Å². The first kappa shape index (κ1) is 15.0. The van der Waals surface area contributed by atoms with Crippen molar-refractivity contribution in [2.75, 3.05) is 0 Å². The molecule has 0 amide bonds. The van der Waals surface area contributed by atoms with Crippen molar-refractivity contribution in [1.29, 1.82) is 0 Å². The normalized spacial score (nSPS) is 10.4. The van der Waals surface area contributed by atoms with Crippen molar-refractivity contribution in [1.82, 2.24) is 0 Å². The van der Waals surface area contributed by atoms with Crippen LogP contribution in [0, 0.1) is 0 Å². The predicted octanol–water partition coefficient (Wildman–Crippen LogP) is 5.04. The smallest absolute Gasteiger partial charge is 0.303 e. The van der Waals surface area contributed by atoms with E-state index in [1.807, 2.05) is 48.5 Å². The quantitative estimate of drug-likeness (QED) is 0.717. The summed E-state index contributed by atoms with van der Waals surface area (Å²) in [5.41, 5.74) is 5.64. The van der Waals surface area contributed by atoms with Crippen LogP contribution in [-0.2, 0) is 11.2 Å². The Morgan fingerprint density at radius 3 is 1.96 bits per heavy atom. The number of hydrogen-bond acceptors (Lipinski definition) is 1. The zero-order valence-electron chi connectivity index (χ0n) is 12.8. The highest BCUT2D eigenvalue weighted by Crippen LogP contribution is 2.34. The van der Waals surface area contributed by atoms with Crippen molar-refractivity contribution in [2.45, 2.75) is 12.8 Å². The maximum Gasteiger partial charge on any atom is 0.303 e. The molecule has 114 valence electrons. The van der Waals surface area contributed by atoms with E-state index in [4.69, 9.17) is 5.11 Å². The molecule has 0 heterocycles. The van der Waals surface area contributed by atoms with Crippen molar-refractivity contribution >= 4 is 5.97 Å². The van der Waals surface area contributed by atoms with Gasteiger partial charge in [0.25, 0.3) is 0 Å². The lowest BCUT2D eigenvalue weighted by atomic mass is 9.90. The lowest BCUT2D eigenvalue weighted by Crippen LogP contribution is -1.99. The van der Waals surface area contributed by atoms with Crippen LogP contribution in [-0.4, -0.2) is 11.1 Å².